The van der Waals surface area contributed by atoms with Gasteiger partial charge in [0.25, 0.3) is 5.91 Å². The molecule has 1 fully saturated rings. The van der Waals surface area contributed by atoms with E-state index in [0.717, 1.165) is 31.2 Å². The Hall–Kier alpha value is -2.08. The molecule has 1 aliphatic carbocycles. The summed E-state index contributed by atoms with van der Waals surface area (Å²) < 4.78 is 0. The van der Waals surface area contributed by atoms with Crippen LogP contribution in [-0.2, 0) is 0 Å². The summed E-state index contributed by atoms with van der Waals surface area (Å²) in [6.07, 6.45) is 3.02. The number of aryl methyl sites for hydroxylation is 1. The smallest absolute Gasteiger partial charge is 0.319 e. The van der Waals surface area contributed by atoms with Gasteiger partial charge >= 0.3 is 6.03 Å². The number of aliphatic hydroxyl groups is 1. The number of carbonyl (C=O) groups is 2. The second-order valence-corrected chi connectivity index (χ2v) is 6.29. The molecule has 0 aliphatic heterocycles. The maximum atomic E-state index is 12.2. The van der Waals surface area contributed by atoms with Crippen molar-refractivity contribution in [3.63, 3.8) is 0 Å². The molecule has 1 aromatic carbocycles. The van der Waals surface area contributed by atoms with E-state index in [4.69, 9.17) is 0 Å². The maximum Gasteiger partial charge on any atom is 0.319 e. The number of hydrogen-bond donors (Lipinski definition) is 3. The molecule has 6 heteroatoms. The quantitative estimate of drug-likeness (QED) is 0.798. The van der Waals surface area contributed by atoms with Crippen LogP contribution < -0.4 is 10.6 Å². The fourth-order valence-electron chi connectivity index (χ4n) is 2.75. The number of benzene rings is 1. The molecule has 0 spiro atoms. The van der Waals surface area contributed by atoms with Gasteiger partial charge in [0, 0.05) is 25.3 Å². The molecule has 3 amide bonds. The molecular formula is C17H25N3O3. The van der Waals surface area contributed by atoms with E-state index in [-0.39, 0.29) is 18.0 Å². The minimum Gasteiger partial charge on any atom is -0.391 e. The zero-order valence-corrected chi connectivity index (χ0v) is 13.9. The summed E-state index contributed by atoms with van der Waals surface area (Å²) in [4.78, 5) is 25.7. The van der Waals surface area contributed by atoms with Crippen molar-refractivity contribution in [2.24, 2.45) is 0 Å². The van der Waals surface area contributed by atoms with Crippen LogP contribution in [0.25, 0.3) is 0 Å². The second-order valence-electron chi connectivity index (χ2n) is 6.29. The number of amides is 3. The van der Waals surface area contributed by atoms with Gasteiger partial charge in [0.2, 0.25) is 0 Å². The predicted molar refractivity (Wildman–Crippen MR) is 89.6 cm³/mol. The first-order chi connectivity index (χ1) is 10.9. The zero-order chi connectivity index (χ0) is 17.0. The molecule has 0 saturated heterocycles. The van der Waals surface area contributed by atoms with Crippen LogP contribution in [0.2, 0.25) is 0 Å². The molecule has 23 heavy (non-hydrogen) atoms. The van der Waals surface area contributed by atoms with Crippen molar-refractivity contribution in [2.75, 3.05) is 19.4 Å². The van der Waals surface area contributed by atoms with Crippen molar-refractivity contribution >= 4 is 17.6 Å². The third-order valence-corrected chi connectivity index (χ3v) is 4.18. The van der Waals surface area contributed by atoms with E-state index in [1.54, 1.807) is 26.2 Å². The SMILES string of the molecule is Cc1ccc(C(=O)N(C)C)cc1NC(=O)NC1CCCCC1O. The molecule has 0 aromatic heterocycles. The van der Waals surface area contributed by atoms with Crippen LogP contribution in [0.15, 0.2) is 18.2 Å². The van der Waals surface area contributed by atoms with Gasteiger partial charge < -0.3 is 20.6 Å². The lowest BCUT2D eigenvalue weighted by Gasteiger charge is -2.28. The summed E-state index contributed by atoms with van der Waals surface area (Å²) in [5, 5.41) is 15.5. The highest BCUT2D eigenvalue weighted by atomic mass is 16.3. The van der Waals surface area contributed by atoms with Crippen LogP contribution in [0.1, 0.15) is 41.6 Å². The highest BCUT2D eigenvalue weighted by Gasteiger charge is 2.24. The van der Waals surface area contributed by atoms with Gasteiger partial charge in [-0.2, -0.15) is 0 Å². The highest BCUT2D eigenvalue weighted by Crippen LogP contribution is 2.20. The molecule has 1 aromatic rings. The topological polar surface area (TPSA) is 81.7 Å². The Morgan fingerprint density at radius 3 is 2.57 bits per heavy atom. The molecule has 126 valence electrons. The van der Waals surface area contributed by atoms with E-state index in [1.807, 2.05) is 13.0 Å². The summed E-state index contributed by atoms with van der Waals surface area (Å²) in [6.45, 7) is 1.87. The number of nitrogens with zero attached hydrogens (tertiary/aromatic N) is 1. The standard InChI is InChI=1S/C17H25N3O3/c1-11-8-9-12(16(22)20(2)3)10-14(11)19-17(23)18-13-6-4-5-7-15(13)21/h8-10,13,15,21H,4-7H2,1-3H3,(H2,18,19,23). The molecule has 1 aliphatic rings. The predicted octanol–water partition coefficient (Wildman–Crippen LogP) is 2.12. The number of anilines is 1. The molecule has 2 atom stereocenters. The van der Waals surface area contributed by atoms with Crippen molar-refractivity contribution in [2.45, 2.75) is 44.8 Å². The van der Waals surface area contributed by atoms with Crippen molar-refractivity contribution < 1.29 is 14.7 Å². The third-order valence-electron chi connectivity index (χ3n) is 4.18. The number of nitrogens with one attached hydrogen (secondary N) is 2. The lowest BCUT2D eigenvalue weighted by Crippen LogP contribution is -2.46. The molecule has 0 radical (unpaired) electrons. The van der Waals surface area contributed by atoms with Crippen LogP contribution in [0.3, 0.4) is 0 Å². The van der Waals surface area contributed by atoms with Gasteiger partial charge in [-0.1, -0.05) is 18.9 Å². The molecule has 2 rings (SSSR count). The number of urea groups is 1. The number of carbonyl (C=O) groups excluding carboxylic acids is 2. The van der Waals surface area contributed by atoms with E-state index in [2.05, 4.69) is 10.6 Å². The Labute approximate surface area is 136 Å². The maximum absolute atomic E-state index is 12.2. The van der Waals surface area contributed by atoms with E-state index in [9.17, 15) is 14.7 Å². The summed E-state index contributed by atoms with van der Waals surface area (Å²) >= 11 is 0. The Morgan fingerprint density at radius 1 is 1.22 bits per heavy atom. The van der Waals surface area contributed by atoms with Crippen LogP contribution >= 0.6 is 0 Å². The Balaban J connectivity index is 2.05. The van der Waals surface area contributed by atoms with Crippen molar-refractivity contribution in [1.82, 2.24) is 10.2 Å². The fraction of sp³-hybridized carbons (Fsp3) is 0.529. The number of aliphatic hydroxyl groups excluding tert-OH is 1. The first kappa shape index (κ1) is 17.3. The van der Waals surface area contributed by atoms with Crippen LogP contribution in [0, 0.1) is 6.92 Å². The van der Waals surface area contributed by atoms with E-state index < -0.39 is 6.10 Å². The number of rotatable bonds is 3. The highest BCUT2D eigenvalue weighted by molar-refractivity contribution is 5.97. The molecule has 1 saturated carbocycles. The lowest BCUT2D eigenvalue weighted by molar-refractivity contribution is 0.0827. The zero-order valence-electron chi connectivity index (χ0n) is 13.9. The molecule has 6 nitrogen and oxygen atoms in total. The van der Waals surface area contributed by atoms with Gasteiger partial charge in [-0.15, -0.1) is 0 Å². The van der Waals surface area contributed by atoms with E-state index >= 15 is 0 Å². The summed E-state index contributed by atoms with van der Waals surface area (Å²) in [6, 6.07) is 4.66. The van der Waals surface area contributed by atoms with Crippen LogP contribution in [0.5, 0.6) is 0 Å². The average Bonchev–Trinajstić information content (AvgIpc) is 2.51. The van der Waals surface area contributed by atoms with Crippen molar-refractivity contribution in [3.05, 3.63) is 29.3 Å². The first-order valence-corrected chi connectivity index (χ1v) is 7.96. The summed E-state index contributed by atoms with van der Waals surface area (Å²) in [5.74, 6) is -0.115. The largest absolute Gasteiger partial charge is 0.391 e. The van der Waals surface area contributed by atoms with E-state index in [1.165, 1.54) is 4.90 Å². The lowest BCUT2D eigenvalue weighted by atomic mass is 9.93. The van der Waals surface area contributed by atoms with Crippen molar-refractivity contribution in [3.8, 4) is 0 Å². The van der Waals surface area contributed by atoms with Crippen LogP contribution in [-0.4, -0.2) is 48.2 Å². The summed E-state index contributed by atoms with van der Waals surface area (Å²) in [7, 11) is 3.37. The fourth-order valence-corrected chi connectivity index (χ4v) is 2.75. The molecule has 3 N–H and O–H groups in total. The Bertz CT molecular complexity index is 586. The van der Waals surface area contributed by atoms with Gasteiger partial charge in [0.05, 0.1) is 12.1 Å². The van der Waals surface area contributed by atoms with Crippen LogP contribution in [0.4, 0.5) is 10.5 Å². The van der Waals surface area contributed by atoms with Gasteiger partial charge in [0.15, 0.2) is 0 Å². The minimum absolute atomic E-state index is 0.115. The number of hydrogen-bond acceptors (Lipinski definition) is 3. The van der Waals surface area contributed by atoms with Crippen molar-refractivity contribution in [1.29, 1.82) is 0 Å². The van der Waals surface area contributed by atoms with Gasteiger partial charge in [-0.25, -0.2) is 4.79 Å². The normalized spacial score (nSPS) is 20.7. The molecule has 0 heterocycles. The Morgan fingerprint density at radius 2 is 1.91 bits per heavy atom. The first-order valence-electron chi connectivity index (χ1n) is 7.96. The van der Waals surface area contributed by atoms with Gasteiger partial charge in [-0.05, 0) is 37.5 Å². The minimum atomic E-state index is -0.489. The molecule has 0 bridgehead atoms. The van der Waals surface area contributed by atoms with Gasteiger partial charge in [0.1, 0.15) is 0 Å². The summed E-state index contributed by atoms with van der Waals surface area (Å²) in [5.41, 5.74) is 1.99. The Kier molecular flexibility index (Phi) is 5.60. The molecule has 2 unspecified atom stereocenters. The average molecular weight is 319 g/mol. The van der Waals surface area contributed by atoms with Gasteiger partial charge in [-0.3, -0.25) is 4.79 Å². The molecular weight excluding hydrogens is 294 g/mol. The van der Waals surface area contributed by atoms with E-state index in [0.29, 0.717) is 11.3 Å². The monoisotopic (exact) mass is 319 g/mol. The third kappa shape index (κ3) is 4.45. The second kappa shape index (κ2) is 7.46.